The van der Waals surface area contributed by atoms with E-state index in [4.69, 9.17) is 0 Å². The molecule has 5 nitrogen and oxygen atoms in total. The maximum absolute atomic E-state index is 11.5. The fraction of sp³-hybridized carbons (Fsp3) is 0.615. The second-order valence-corrected chi connectivity index (χ2v) is 5.45. The van der Waals surface area contributed by atoms with Crippen molar-refractivity contribution in [2.24, 2.45) is 0 Å². The lowest BCUT2D eigenvalue weighted by atomic mass is 10.3. The molecule has 2 N–H and O–H groups in total. The molecule has 0 aliphatic carbocycles. The van der Waals surface area contributed by atoms with E-state index in [1.54, 1.807) is 0 Å². The Morgan fingerprint density at radius 1 is 1.42 bits per heavy atom. The number of anilines is 1. The first-order valence-corrected chi connectivity index (χ1v) is 7.37. The number of aromatic nitrogens is 2. The van der Waals surface area contributed by atoms with Crippen molar-refractivity contribution in [1.82, 2.24) is 15.3 Å². The van der Waals surface area contributed by atoms with Crippen molar-refractivity contribution < 1.29 is 4.79 Å². The molecule has 0 unspecified atom stereocenters. The van der Waals surface area contributed by atoms with Gasteiger partial charge in [-0.2, -0.15) is 0 Å². The van der Waals surface area contributed by atoms with Gasteiger partial charge in [0.05, 0.1) is 0 Å². The summed E-state index contributed by atoms with van der Waals surface area (Å²) in [5.41, 5.74) is 0. The van der Waals surface area contributed by atoms with Gasteiger partial charge in [-0.25, -0.2) is 9.97 Å². The molecule has 0 aliphatic heterocycles. The first-order valence-electron chi connectivity index (χ1n) is 6.58. The Balaban J connectivity index is 2.46. The highest BCUT2D eigenvalue weighted by atomic mass is 79.9. The minimum absolute atomic E-state index is 0.0457. The van der Waals surface area contributed by atoms with Gasteiger partial charge in [-0.1, -0.05) is 6.92 Å². The van der Waals surface area contributed by atoms with Crippen LogP contribution >= 0.6 is 15.9 Å². The molecule has 1 heterocycles. The zero-order chi connectivity index (χ0) is 14.3. The number of amides is 1. The van der Waals surface area contributed by atoms with Gasteiger partial charge in [0.1, 0.15) is 16.2 Å². The van der Waals surface area contributed by atoms with E-state index in [1.807, 2.05) is 19.9 Å². The SMILES string of the molecule is CCCc1nc(Br)cc(NCCC(=O)NC(C)C)n1. The van der Waals surface area contributed by atoms with E-state index in [0.29, 0.717) is 13.0 Å². The van der Waals surface area contributed by atoms with Crippen molar-refractivity contribution in [3.63, 3.8) is 0 Å². The smallest absolute Gasteiger partial charge is 0.221 e. The summed E-state index contributed by atoms with van der Waals surface area (Å²) in [6.07, 6.45) is 2.29. The molecule has 0 spiro atoms. The van der Waals surface area contributed by atoms with Gasteiger partial charge in [0.25, 0.3) is 0 Å². The van der Waals surface area contributed by atoms with Gasteiger partial charge in [0, 0.05) is 31.5 Å². The maximum atomic E-state index is 11.5. The molecule has 1 aromatic heterocycles. The summed E-state index contributed by atoms with van der Waals surface area (Å²) in [6, 6.07) is 2.00. The largest absolute Gasteiger partial charge is 0.369 e. The summed E-state index contributed by atoms with van der Waals surface area (Å²) >= 11 is 3.37. The second-order valence-electron chi connectivity index (χ2n) is 4.64. The highest BCUT2D eigenvalue weighted by molar-refractivity contribution is 9.10. The fourth-order valence-corrected chi connectivity index (χ4v) is 2.01. The number of aryl methyl sites for hydroxylation is 1. The van der Waals surface area contributed by atoms with E-state index in [2.05, 4.69) is 43.5 Å². The minimum atomic E-state index is 0.0457. The molecular formula is C13H21BrN4O. The van der Waals surface area contributed by atoms with Crippen LogP contribution in [0.4, 0.5) is 5.82 Å². The van der Waals surface area contributed by atoms with Crippen LogP contribution < -0.4 is 10.6 Å². The van der Waals surface area contributed by atoms with Crippen LogP contribution in [0.3, 0.4) is 0 Å². The topological polar surface area (TPSA) is 66.9 Å². The van der Waals surface area contributed by atoms with Crippen molar-refractivity contribution in [3.05, 3.63) is 16.5 Å². The van der Waals surface area contributed by atoms with Crippen LogP contribution in [-0.4, -0.2) is 28.5 Å². The van der Waals surface area contributed by atoms with Gasteiger partial charge in [-0.15, -0.1) is 0 Å². The van der Waals surface area contributed by atoms with Crippen molar-refractivity contribution in [2.45, 2.75) is 46.1 Å². The summed E-state index contributed by atoms with van der Waals surface area (Å²) in [5.74, 6) is 1.61. The summed E-state index contributed by atoms with van der Waals surface area (Å²) < 4.78 is 0.764. The summed E-state index contributed by atoms with van der Waals surface area (Å²) in [7, 11) is 0. The molecule has 0 saturated heterocycles. The van der Waals surface area contributed by atoms with Gasteiger partial charge < -0.3 is 10.6 Å². The predicted molar refractivity (Wildman–Crippen MR) is 80.1 cm³/mol. The third-order valence-corrected chi connectivity index (χ3v) is 2.73. The molecule has 6 heteroatoms. The Morgan fingerprint density at radius 3 is 2.79 bits per heavy atom. The van der Waals surface area contributed by atoms with E-state index < -0.39 is 0 Å². The number of hydrogen-bond donors (Lipinski definition) is 2. The van der Waals surface area contributed by atoms with E-state index >= 15 is 0 Å². The molecule has 1 rings (SSSR count). The standard InChI is InChI=1S/C13H21BrN4O/c1-4-5-11-17-10(14)8-12(18-11)15-7-6-13(19)16-9(2)3/h8-9H,4-7H2,1-3H3,(H,16,19)(H,15,17,18). The summed E-state index contributed by atoms with van der Waals surface area (Å²) in [5, 5.41) is 6.00. The van der Waals surface area contributed by atoms with Gasteiger partial charge in [0.15, 0.2) is 0 Å². The third kappa shape index (κ3) is 6.52. The Kier molecular flexibility index (Phi) is 6.77. The van der Waals surface area contributed by atoms with Crippen LogP contribution in [0.5, 0.6) is 0 Å². The Hall–Kier alpha value is -1.17. The van der Waals surface area contributed by atoms with Gasteiger partial charge in [0.2, 0.25) is 5.91 Å². The monoisotopic (exact) mass is 328 g/mol. The molecule has 0 atom stereocenters. The minimum Gasteiger partial charge on any atom is -0.369 e. The van der Waals surface area contributed by atoms with Crippen LogP contribution in [-0.2, 0) is 11.2 Å². The Bertz CT molecular complexity index is 423. The lowest BCUT2D eigenvalue weighted by Crippen LogP contribution is -2.31. The number of halogens is 1. The Morgan fingerprint density at radius 2 is 2.16 bits per heavy atom. The number of nitrogens with one attached hydrogen (secondary N) is 2. The molecule has 0 radical (unpaired) electrons. The first kappa shape index (κ1) is 15.9. The number of carbonyl (C=O) groups excluding carboxylic acids is 1. The third-order valence-electron chi connectivity index (χ3n) is 2.32. The van der Waals surface area contributed by atoms with E-state index in [0.717, 1.165) is 29.1 Å². The highest BCUT2D eigenvalue weighted by Crippen LogP contribution is 2.13. The first-order chi connectivity index (χ1) is 9.01. The average Bonchev–Trinajstić information content (AvgIpc) is 2.27. The predicted octanol–water partition coefficient (Wildman–Crippen LogP) is 2.52. The van der Waals surface area contributed by atoms with E-state index in [-0.39, 0.29) is 11.9 Å². The lowest BCUT2D eigenvalue weighted by Gasteiger charge is -2.10. The van der Waals surface area contributed by atoms with Gasteiger partial charge in [-0.3, -0.25) is 4.79 Å². The molecular weight excluding hydrogens is 308 g/mol. The quantitative estimate of drug-likeness (QED) is 0.755. The number of nitrogens with zero attached hydrogens (tertiary/aromatic N) is 2. The number of rotatable bonds is 7. The van der Waals surface area contributed by atoms with Crippen LogP contribution in [0.2, 0.25) is 0 Å². The van der Waals surface area contributed by atoms with Crippen LogP contribution in [0.15, 0.2) is 10.7 Å². The van der Waals surface area contributed by atoms with E-state index in [1.165, 1.54) is 0 Å². The number of carbonyl (C=O) groups is 1. The molecule has 0 bridgehead atoms. The van der Waals surface area contributed by atoms with Crippen molar-refractivity contribution in [2.75, 3.05) is 11.9 Å². The zero-order valence-corrected chi connectivity index (χ0v) is 13.2. The molecule has 1 amide bonds. The summed E-state index contributed by atoms with van der Waals surface area (Å²) in [4.78, 5) is 20.2. The average molecular weight is 329 g/mol. The molecule has 0 fully saturated rings. The van der Waals surface area contributed by atoms with Crippen molar-refractivity contribution in [3.8, 4) is 0 Å². The fourth-order valence-electron chi connectivity index (χ4n) is 1.59. The Labute approximate surface area is 122 Å². The van der Waals surface area contributed by atoms with E-state index in [9.17, 15) is 4.79 Å². The van der Waals surface area contributed by atoms with Gasteiger partial charge >= 0.3 is 0 Å². The number of hydrogen-bond acceptors (Lipinski definition) is 4. The molecule has 1 aromatic rings. The molecule has 0 aromatic carbocycles. The highest BCUT2D eigenvalue weighted by Gasteiger charge is 2.05. The zero-order valence-electron chi connectivity index (χ0n) is 11.7. The molecule has 19 heavy (non-hydrogen) atoms. The van der Waals surface area contributed by atoms with Crippen molar-refractivity contribution >= 4 is 27.7 Å². The molecule has 0 saturated carbocycles. The molecule has 106 valence electrons. The van der Waals surface area contributed by atoms with Crippen molar-refractivity contribution in [1.29, 1.82) is 0 Å². The van der Waals surface area contributed by atoms with Crippen LogP contribution in [0.1, 0.15) is 39.4 Å². The summed E-state index contributed by atoms with van der Waals surface area (Å²) in [6.45, 7) is 6.55. The van der Waals surface area contributed by atoms with Gasteiger partial charge in [-0.05, 0) is 36.2 Å². The second kappa shape index (κ2) is 8.09. The maximum Gasteiger partial charge on any atom is 0.221 e. The lowest BCUT2D eigenvalue weighted by molar-refractivity contribution is -0.121. The van der Waals surface area contributed by atoms with Crippen LogP contribution in [0.25, 0.3) is 0 Å². The molecule has 0 aliphatic rings. The van der Waals surface area contributed by atoms with Crippen LogP contribution in [0, 0.1) is 0 Å². The normalized spacial score (nSPS) is 10.6.